The molecule has 1 aromatic heterocycles. The van der Waals surface area contributed by atoms with Crippen molar-refractivity contribution in [1.82, 2.24) is 9.88 Å². The maximum absolute atomic E-state index is 13.3. The fraction of sp³-hybridized carbons (Fsp3) is 0.350. The highest BCUT2D eigenvalue weighted by Crippen LogP contribution is 2.35. The van der Waals surface area contributed by atoms with E-state index in [1.807, 2.05) is 0 Å². The maximum atomic E-state index is 13.3. The van der Waals surface area contributed by atoms with Crippen LogP contribution in [0, 0.1) is 17.3 Å². The number of amides is 2. The third kappa shape index (κ3) is 4.45. The number of benzene rings is 1. The van der Waals surface area contributed by atoms with Crippen LogP contribution in [0.2, 0.25) is 0 Å². The van der Waals surface area contributed by atoms with Gasteiger partial charge >= 0.3 is 12.2 Å². The Kier molecular flexibility index (Phi) is 5.82. The summed E-state index contributed by atoms with van der Waals surface area (Å²) in [6.07, 6.45) is -3.41. The zero-order valence-electron chi connectivity index (χ0n) is 16.2. The van der Waals surface area contributed by atoms with Crippen molar-refractivity contribution in [3.05, 3.63) is 53.6 Å². The fourth-order valence-corrected chi connectivity index (χ4v) is 3.49. The largest absolute Gasteiger partial charge is 0.417 e. The minimum Gasteiger partial charge on any atom is -0.365 e. The molecule has 0 unspecified atom stereocenters. The number of carbonyl (C=O) groups excluding carboxylic acids is 1. The topological polar surface area (TPSA) is 72.3 Å². The molecule has 10 heteroatoms. The predicted octanol–water partition coefficient (Wildman–Crippen LogP) is 4.24. The van der Waals surface area contributed by atoms with E-state index >= 15 is 0 Å². The van der Waals surface area contributed by atoms with Gasteiger partial charge in [0.05, 0.1) is 17.2 Å². The summed E-state index contributed by atoms with van der Waals surface area (Å²) in [5.74, 6) is -0.722. The van der Waals surface area contributed by atoms with Gasteiger partial charge in [0.1, 0.15) is 0 Å². The molecule has 3 rings (SSSR count). The minimum absolute atomic E-state index is 0.252. The SMILES string of the molecule is C[C@@H]1CN(C(=O)Nc2ccnc(F)c2)[C@@H](C)CN1c1ccc(C#N)c(C(F)(F)F)c1. The van der Waals surface area contributed by atoms with Crippen LogP contribution in [0.25, 0.3) is 0 Å². The molecule has 0 bridgehead atoms. The monoisotopic (exact) mass is 421 g/mol. The van der Waals surface area contributed by atoms with Crippen LogP contribution in [0.15, 0.2) is 36.5 Å². The molecule has 2 amide bonds. The maximum Gasteiger partial charge on any atom is 0.417 e. The van der Waals surface area contributed by atoms with E-state index in [2.05, 4.69) is 10.3 Å². The van der Waals surface area contributed by atoms with E-state index in [9.17, 15) is 22.4 Å². The third-order valence-corrected chi connectivity index (χ3v) is 4.99. The second-order valence-corrected chi connectivity index (χ2v) is 7.14. The van der Waals surface area contributed by atoms with Crippen LogP contribution < -0.4 is 10.2 Å². The van der Waals surface area contributed by atoms with Crippen LogP contribution in [0.1, 0.15) is 25.0 Å². The molecule has 2 atom stereocenters. The van der Waals surface area contributed by atoms with Crippen molar-refractivity contribution < 1.29 is 22.4 Å². The molecule has 2 heterocycles. The average molecular weight is 421 g/mol. The quantitative estimate of drug-likeness (QED) is 0.582. The van der Waals surface area contributed by atoms with Gasteiger partial charge in [-0.2, -0.15) is 22.8 Å². The standard InChI is InChI=1S/C20H19F4N5O/c1-12-11-29(19(30)27-15-5-6-26-18(21)7-15)13(2)10-28(12)16-4-3-14(9-25)17(8-16)20(22,23)24/h3-8,12-13H,10-11H2,1-2H3,(H,26,27,30)/t12-,13+/m1/s1. The van der Waals surface area contributed by atoms with E-state index in [4.69, 9.17) is 5.26 Å². The molecule has 2 aromatic rings. The Morgan fingerprint density at radius 3 is 2.57 bits per heavy atom. The summed E-state index contributed by atoms with van der Waals surface area (Å²) in [4.78, 5) is 19.4. The number of nitrogens with one attached hydrogen (secondary N) is 1. The Balaban J connectivity index is 1.78. The molecular weight excluding hydrogens is 402 g/mol. The number of carbonyl (C=O) groups is 1. The van der Waals surface area contributed by atoms with Crippen molar-refractivity contribution >= 4 is 17.4 Å². The summed E-state index contributed by atoms with van der Waals surface area (Å²) < 4.78 is 53.1. The number of hydrogen-bond donors (Lipinski definition) is 1. The van der Waals surface area contributed by atoms with Crippen LogP contribution in [-0.4, -0.2) is 41.1 Å². The summed E-state index contributed by atoms with van der Waals surface area (Å²) in [6, 6.07) is 6.69. The minimum atomic E-state index is -4.64. The van der Waals surface area contributed by atoms with Crippen LogP contribution in [0.5, 0.6) is 0 Å². The lowest BCUT2D eigenvalue weighted by Crippen LogP contribution is -2.59. The Morgan fingerprint density at radius 1 is 1.20 bits per heavy atom. The van der Waals surface area contributed by atoms with Crippen LogP contribution >= 0.6 is 0 Å². The molecule has 1 N–H and O–H groups in total. The number of piperazine rings is 1. The Morgan fingerprint density at radius 2 is 1.93 bits per heavy atom. The molecule has 0 spiro atoms. The summed E-state index contributed by atoms with van der Waals surface area (Å²) >= 11 is 0. The molecule has 30 heavy (non-hydrogen) atoms. The number of aromatic nitrogens is 1. The second kappa shape index (κ2) is 8.18. The van der Waals surface area contributed by atoms with E-state index in [1.54, 1.807) is 29.7 Å². The number of halogens is 4. The van der Waals surface area contributed by atoms with Crippen molar-refractivity contribution in [3.8, 4) is 6.07 Å². The lowest BCUT2D eigenvalue weighted by molar-refractivity contribution is -0.137. The zero-order chi connectivity index (χ0) is 22.1. The number of urea groups is 1. The van der Waals surface area contributed by atoms with Gasteiger partial charge in [0.25, 0.3) is 0 Å². The molecule has 0 radical (unpaired) electrons. The molecule has 158 valence electrons. The van der Waals surface area contributed by atoms with Gasteiger partial charge in [-0.05, 0) is 38.1 Å². The molecule has 6 nitrogen and oxygen atoms in total. The van der Waals surface area contributed by atoms with Crippen molar-refractivity contribution in [2.24, 2.45) is 0 Å². The third-order valence-electron chi connectivity index (χ3n) is 4.99. The van der Waals surface area contributed by atoms with Crippen molar-refractivity contribution in [1.29, 1.82) is 5.26 Å². The van der Waals surface area contributed by atoms with Gasteiger partial charge in [0.2, 0.25) is 5.95 Å². The van der Waals surface area contributed by atoms with Gasteiger partial charge in [-0.25, -0.2) is 9.78 Å². The predicted molar refractivity (Wildman–Crippen MR) is 102 cm³/mol. The Labute approximate surface area is 170 Å². The van der Waals surface area contributed by atoms with Crippen molar-refractivity contribution in [2.45, 2.75) is 32.1 Å². The van der Waals surface area contributed by atoms with E-state index in [-0.39, 0.29) is 24.3 Å². The number of hydrogen-bond acceptors (Lipinski definition) is 4. The number of pyridine rings is 1. The van der Waals surface area contributed by atoms with Gasteiger partial charge in [-0.15, -0.1) is 0 Å². The number of rotatable bonds is 2. The smallest absolute Gasteiger partial charge is 0.365 e. The number of anilines is 2. The van der Waals surface area contributed by atoms with E-state index in [1.165, 1.54) is 18.3 Å². The van der Waals surface area contributed by atoms with Gasteiger partial charge in [0.15, 0.2) is 0 Å². The Bertz CT molecular complexity index is 988. The molecule has 1 fully saturated rings. The first-order valence-corrected chi connectivity index (χ1v) is 9.17. The zero-order valence-corrected chi connectivity index (χ0v) is 16.2. The molecule has 0 saturated carbocycles. The molecule has 1 aromatic carbocycles. The first-order valence-electron chi connectivity index (χ1n) is 9.17. The lowest BCUT2D eigenvalue weighted by Gasteiger charge is -2.45. The van der Waals surface area contributed by atoms with Crippen LogP contribution in [-0.2, 0) is 6.18 Å². The summed E-state index contributed by atoms with van der Waals surface area (Å²) in [6.45, 7) is 4.12. The van der Waals surface area contributed by atoms with Gasteiger partial charge in [0, 0.05) is 48.8 Å². The number of nitriles is 1. The van der Waals surface area contributed by atoms with Crippen LogP contribution in [0.3, 0.4) is 0 Å². The number of alkyl halides is 3. The van der Waals surface area contributed by atoms with E-state index < -0.39 is 29.3 Å². The summed E-state index contributed by atoms with van der Waals surface area (Å²) in [7, 11) is 0. The highest BCUT2D eigenvalue weighted by molar-refractivity contribution is 5.89. The fourth-order valence-electron chi connectivity index (χ4n) is 3.49. The van der Waals surface area contributed by atoms with Gasteiger partial charge in [-0.1, -0.05) is 0 Å². The molecule has 0 aliphatic carbocycles. The first kappa shape index (κ1) is 21.4. The second-order valence-electron chi connectivity index (χ2n) is 7.14. The van der Waals surface area contributed by atoms with Gasteiger partial charge < -0.3 is 15.1 Å². The molecular formula is C20H19F4N5O. The van der Waals surface area contributed by atoms with Gasteiger partial charge in [-0.3, -0.25) is 0 Å². The highest BCUT2D eigenvalue weighted by atomic mass is 19.4. The van der Waals surface area contributed by atoms with E-state index in [0.29, 0.717) is 12.2 Å². The van der Waals surface area contributed by atoms with Crippen molar-refractivity contribution in [3.63, 3.8) is 0 Å². The van der Waals surface area contributed by atoms with Crippen molar-refractivity contribution in [2.75, 3.05) is 23.3 Å². The lowest BCUT2D eigenvalue weighted by atomic mass is 10.0. The molecule has 1 aliphatic rings. The normalized spacial score (nSPS) is 19.4. The molecule has 1 aliphatic heterocycles. The first-order chi connectivity index (χ1) is 14.1. The average Bonchev–Trinajstić information content (AvgIpc) is 2.68. The number of nitrogens with zero attached hydrogens (tertiary/aromatic N) is 4. The highest BCUT2D eigenvalue weighted by Gasteiger charge is 2.36. The van der Waals surface area contributed by atoms with Crippen LogP contribution in [0.4, 0.5) is 33.7 Å². The summed E-state index contributed by atoms with van der Waals surface area (Å²) in [5.41, 5.74) is -0.828. The van der Waals surface area contributed by atoms with E-state index in [0.717, 1.165) is 18.2 Å². The summed E-state index contributed by atoms with van der Waals surface area (Å²) in [5, 5.41) is 11.6. The molecule has 1 saturated heterocycles. The Hall–Kier alpha value is -3.35.